The normalized spacial score (nSPS) is 15.8. The van der Waals surface area contributed by atoms with Crippen molar-refractivity contribution in [2.24, 2.45) is 11.5 Å². The Kier molecular flexibility index (Phi) is 10.0. The van der Waals surface area contributed by atoms with Crippen LogP contribution in [0.15, 0.2) is 48.5 Å². The Labute approximate surface area is 243 Å². The number of carbonyl (C=O) groups excluding carboxylic acids is 3. The molecule has 1 aliphatic heterocycles. The molecule has 1 saturated heterocycles. The van der Waals surface area contributed by atoms with Gasteiger partial charge in [-0.15, -0.1) is 0 Å². The van der Waals surface area contributed by atoms with Crippen LogP contribution in [0, 0.1) is 4.77 Å². The molecular weight excluding hydrogens is 546 g/mol. The summed E-state index contributed by atoms with van der Waals surface area (Å²) in [7, 11) is 0. The highest BCUT2D eigenvalue weighted by Gasteiger charge is 2.34. The average Bonchev–Trinajstić information content (AvgIpc) is 3.39. The molecule has 1 aromatic heterocycles. The van der Waals surface area contributed by atoms with Gasteiger partial charge in [-0.1, -0.05) is 30.3 Å². The van der Waals surface area contributed by atoms with Crippen LogP contribution in [0.2, 0.25) is 0 Å². The molecule has 2 aromatic carbocycles. The smallest absolute Gasteiger partial charge is 0.252 e. The SMILES string of the molecule is NCCCC[C@H](NC(=O)c1ccc2c(c1)[nH]c(=S)n2CCCCN1C(=O)C(Cc2ccccc2)NC1=S)C(N)=O. The topological polar surface area (TPSA) is 151 Å². The lowest BCUT2D eigenvalue weighted by Gasteiger charge is -2.15. The average molecular weight is 582 g/mol. The maximum atomic E-state index is 12.9. The number of nitrogens with two attached hydrogens (primary N) is 2. The first-order chi connectivity index (χ1) is 19.3. The highest BCUT2D eigenvalue weighted by Crippen LogP contribution is 2.19. The Balaban J connectivity index is 1.32. The molecule has 7 N–H and O–H groups in total. The highest BCUT2D eigenvalue weighted by atomic mass is 32.1. The third-order valence-electron chi connectivity index (χ3n) is 7.04. The van der Waals surface area contributed by atoms with E-state index in [0.29, 0.717) is 54.3 Å². The molecule has 2 atom stereocenters. The minimum absolute atomic E-state index is 0.00122. The van der Waals surface area contributed by atoms with Crippen LogP contribution in [0.5, 0.6) is 0 Å². The first-order valence-electron chi connectivity index (χ1n) is 13.5. The van der Waals surface area contributed by atoms with Gasteiger partial charge >= 0.3 is 0 Å². The fourth-order valence-electron chi connectivity index (χ4n) is 4.86. The zero-order valence-electron chi connectivity index (χ0n) is 22.2. The fraction of sp³-hybridized carbons (Fsp3) is 0.393. The van der Waals surface area contributed by atoms with Gasteiger partial charge in [0.2, 0.25) is 5.91 Å². The summed E-state index contributed by atoms with van der Waals surface area (Å²) in [5.74, 6) is -0.951. The van der Waals surface area contributed by atoms with Crippen LogP contribution in [-0.2, 0) is 22.6 Å². The summed E-state index contributed by atoms with van der Waals surface area (Å²) in [5, 5.41) is 6.34. The first kappa shape index (κ1) is 29.4. The summed E-state index contributed by atoms with van der Waals surface area (Å²) in [4.78, 5) is 42.3. The van der Waals surface area contributed by atoms with Gasteiger partial charge in [0.05, 0.1) is 11.0 Å². The highest BCUT2D eigenvalue weighted by molar-refractivity contribution is 7.80. The number of nitrogens with one attached hydrogen (secondary N) is 3. The van der Waals surface area contributed by atoms with Crippen molar-refractivity contribution in [2.45, 2.75) is 57.2 Å². The monoisotopic (exact) mass is 581 g/mol. The van der Waals surface area contributed by atoms with Crippen molar-refractivity contribution in [1.82, 2.24) is 25.1 Å². The van der Waals surface area contributed by atoms with Crippen LogP contribution < -0.4 is 22.1 Å². The molecule has 1 fully saturated rings. The number of hydrogen-bond donors (Lipinski definition) is 5. The summed E-state index contributed by atoms with van der Waals surface area (Å²) in [6.45, 7) is 1.69. The number of aromatic nitrogens is 2. The largest absolute Gasteiger partial charge is 0.368 e. The van der Waals surface area contributed by atoms with E-state index in [2.05, 4.69) is 15.6 Å². The minimum Gasteiger partial charge on any atom is -0.368 e. The molecule has 0 spiro atoms. The van der Waals surface area contributed by atoms with Crippen molar-refractivity contribution in [3.8, 4) is 0 Å². The van der Waals surface area contributed by atoms with E-state index >= 15 is 0 Å². The third kappa shape index (κ3) is 7.12. The van der Waals surface area contributed by atoms with Crippen molar-refractivity contribution in [2.75, 3.05) is 13.1 Å². The molecule has 0 aliphatic carbocycles. The van der Waals surface area contributed by atoms with Gasteiger partial charge in [-0.2, -0.15) is 0 Å². The summed E-state index contributed by atoms with van der Waals surface area (Å²) in [6, 6.07) is 14.0. The number of carbonyl (C=O) groups is 3. The molecule has 3 amide bonds. The molecule has 0 saturated carbocycles. The van der Waals surface area contributed by atoms with Crippen LogP contribution >= 0.6 is 24.4 Å². The van der Waals surface area contributed by atoms with Crippen molar-refractivity contribution >= 4 is 58.3 Å². The summed E-state index contributed by atoms with van der Waals surface area (Å²) in [6.07, 6.45) is 4.01. The number of thiocarbonyl (C=S) groups is 1. The van der Waals surface area contributed by atoms with Gasteiger partial charge in [0.1, 0.15) is 12.1 Å². The van der Waals surface area contributed by atoms with E-state index in [1.165, 1.54) is 0 Å². The third-order valence-corrected chi connectivity index (χ3v) is 7.70. The lowest BCUT2D eigenvalue weighted by molar-refractivity contribution is -0.127. The van der Waals surface area contributed by atoms with Crippen molar-refractivity contribution < 1.29 is 14.4 Å². The number of hydrogen-bond acceptors (Lipinski definition) is 6. The molecule has 212 valence electrons. The molecular formula is C28H35N7O3S2. The van der Waals surface area contributed by atoms with E-state index in [9.17, 15) is 14.4 Å². The zero-order chi connectivity index (χ0) is 28.6. The number of primary amides is 1. The first-order valence-corrected chi connectivity index (χ1v) is 14.3. The summed E-state index contributed by atoms with van der Waals surface area (Å²) < 4.78 is 2.52. The van der Waals surface area contributed by atoms with E-state index in [0.717, 1.165) is 35.9 Å². The zero-order valence-corrected chi connectivity index (χ0v) is 23.9. The second-order valence-corrected chi connectivity index (χ2v) is 10.7. The standard InChI is InChI=1S/C28H35N7O3S2/c29-13-5-4-10-20(24(30)36)31-25(37)19-11-12-23-21(17-19)32-27(39)34(23)14-6-7-15-35-26(38)22(33-28(35)40)16-18-8-2-1-3-9-18/h1-3,8-9,11-12,17,20,22H,4-7,10,13-16,29H2,(H2,30,36)(H,31,37)(H,32,39)(H,33,40)/t20-,22?/m0/s1. The predicted molar refractivity (Wildman–Crippen MR) is 161 cm³/mol. The Hall–Kier alpha value is -3.61. The number of H-pyrrole nitrogens is 1. The summed E-state index contributed by atoms with van der Waals surface area (Å²) >= 11 is 11.0. The van der Waals surface area contributed by atoms with E-state index in [1.807, 2.05) is 41.0 Å². The number of rotatable bonds is 14. The van der Waals surface area contributed by atoms with Gasteiger partial charge in [-0.3, -0.25) is 19.3 Å². The molecule has 2 heterocycles. The number of unbranched alkanes of at least 4 members (excludes halogenated alkanes) is 2. The molecule has 1 aliphatic rings. The predicted octanol–water partition coefficient (Wildman–Crippen LogP) is 2.52. The van der Waals surface area contributed by atoms with Crippen LogP contribution in [-0.4, -0.2) is 62.5 Å². The quantitative estimate of drug-likeness (QED) is 0.145. The fourth-order valence-corrected chi connectivity index (χ4v) is 5.49. The maximum absolute atomic E-state index is 12.9. The van der Waals surface area contributed by atoms with Gasteiger partial charge in [0.25, 0.3) is 11.8 Å². The number of fused-ring (bicyclic) bond motifs is 1. The van der Waals surface area contributed by atoms with Crippen LogP contribution in [0.4, 0.5) is 0 Å². The maximum Gasteiger partial charge on any atom is 0.252 e. The van der Waals surface area contributed by atoms with E-state index in [1.54, 1.807) is 17.0 Å². The van der Waals surface area contributed by atoms with Crippen LogP contribution in [0.1, 0.15) is 48.0 Å². The van der Waals surface area contributed by atoms with E-state index in [4.69, 9.17) is 35.9 Å². The molecule has 12 heteroatoms. The van der Waals surface area contributed by atoms with Crippen molar-refractivity contribution in [3.05, 3.63) is 64.4 Å². The van der Waals surface area contributed by atoms with Gasteiger partial charge in [-0.25, -0.2) is 0 Å². The second-order valence-electron chi connectivity index (χ2n) is 9.92. The molecule has 40 heavy (non-hydrogen) atoms. The molecule has 10 nitrogen and oxygen atoms in total. The Morgan fingerprint density at radius 3 is 2.50 bits per heavy atom. The lowest BCUT2D eigenvalue weighted by atomic mass is 10.1. The van der Waals surface area contributed by atoms with E-state index in [-0.39, 0.29) is 17.9 Å². The van der Waals surface area contributed by atoms with Crippen LogP contribution in [0.25, 0.3) is 11.0 Å². The molecule has 0 radical (unpaired) electrons. The van der Waals surface area contributed by atoms with Gasteiger partial charge in [-0.05, 0) is 86.8 Å². The number of amides is 3. The van der Waals surface area contributed by atoms with E-state index < -0.39 is 11.9 Å². The summed E-state index contributed by atoms with van der Waals surface area (Å²) in [5.41, 5.74) is 14.1. The molecule has 4 rings (SSSR count). The molecule has 0 bridgehead atoms. The second kappa shape index (κ2) is 13.6. The molecule has 1 unspecified atom stereocenters. The number of aryl methyl sites for hydroxylation is 1. The van der Waals surface area contributed by atoms with Gasteiger partial charge < -0.3 is 31.7 Å². The van der Waals surface area contributed by atoms with Crippen molar-refractivity contribution in [3.63, 3.8) is 0 Å². The minimum atomic E-state index is -0.753. The van der Waals surface area contributed by atoms with Gasteiger partial charge in [0.15, 0.2) is 9.88 Å². The van der Waals surface area contributed by atoms with Gasteiger partial charge in [0, 0.05) is 25.1 Å². The lowest BCUT2D eigenvalue weighted by Crippen LogP contribution is -2.44. The Morgan fingerprint density at radius 1 is 1.02 bits per heavy atom. The Bertz CT molecular complexity index is 1440. The number of imidazole rings is 1. The number of benzene rings is 2. The number of aromatic amines is 1. The van der Waals surface area contributed by atoms with Crippen LogP contribution in [0.3, 0.4) is 0 Å². The number of nitrogens with zero attached hydrogens (tertiary/aromatic N) is 2. The van der Waals surface area contributed by atoms with Crippen molar-refractivity contribution in [1.29, 1.82) is 0 Å². The molecule has 3 aromatic rings. The Morgan fingerprint density at radius 2 is 1.77 bits per heavy atom.